The Morgan fingerprint density at radius 1 is 1.47 bits per heavy atom. The van der Waals surface area contributed by atoms with Crippen molar-refractivity contribution in [2.75, 3.05) is 11.4 Å². The molecule has 2 heterocycles. The number of aromatic nitrogens is 1. The van der Waals surface area contributed by atoms with E-state index in [1.165, 1.54) is 19.3 Å². The normalized spacial score (nSPS) is 21.7. The largest absolute Gasteiger partial charge is 0.354 e. The molecule has 0 N–H and O–H groups in total. The van der Waals surface area contributed by atoms with Gasteiger partial charge in [-0.25, -0.2) is 4.98 Å². The minimum absolute atomic E-state index is 0.496. The third-order valence-corrected chi connectivity index (χ3v) is 3.30. The second-order valence-electron chi connectivity index (χ2n) is 4.16. The Labute approximate surface area is 96.3 Å². The standard InChI is InChI=1S/C12H17ClN2/c1-10-5-2-3-8-15(10)12-7-4-6-11(9-13)14-12/h4,6-7,10H,2-3,5,8-9H2,1H3. The Balaban J connectivity index is 2.19. The van der Waals surface area contributed by atoms with Gasteiger partial charge >= 0.3 is 0 Å². The fourth-order valence-electron chi connectivity index (χ4n) is 2.14. The summed E-state index contributed by atoms with van der Waals surface area (Å²) >= 11 is 5.79. The Kier molecular flexibility index (Phi) is 3.47. The van der Waals surface area contributed by atoms with E-state index >= 15 is 0 Å². The first-order valence-corrected chi connectivity index (χ1v) is 6.13. The van der Waals surface area contributed by atoms with E-state index in [0.29, 0.717) is 11.9 Å². The minimum atomic E-state index is 0.496. The predicted molar refractivity (Wildman–Crippen MR) is 64.5 cm³/mol. The van der Waals surface area contributed by atoms with Gasteiger partial charge in [-0.05, 0) is 38.3 Å². The lowest BCUT2D eigenvalue weighted by Crippen LogP contribution is -2.38. The van der Waals surface area contributed by atoms with E-state index in [1.54, 1.807) is 0 Å². The molecular formula is C12H17ClN2. The summed E-state index contributed by atoms with van der Waals surface area (Å²) in [7, 11) is 0. The summed E-state index contributed by atoms with van der Waals surface area (Å²) in [4.78, 5) is 6.95. The fourth-order valence-corrected chi connectivity index (χ4v) is 2.29. The molecule has 0 aromatic carbocycles. The summed E-state index contributed by atoms with van der Waals surface area (Å²) < 4.78 is 0. The van der Waals surface area contributed by atoms with E-state index < -0.39 is 0 Å². The number of pyridine rings is 1. The Bertz CT molecular complexity index is 327. The molecule has 82 valence electrons. The highest BCUT2D eigenvalue weighted by Crippen LogP contribution is 2.23. The molecule has 0 radical (unpaired) electrons. The van der Waals surface area contributed by atoms with Crippen molar-refractivity contribution in [2.45, 2.75) is 38.1 Å². The molecule has 1 atom stereocenters. The van der Waals surface area contributed by atoms with Crippen molar-refractivity contribution in [3.63, 3.8) is 0 Å². The van der Waals surface area contributed by atoms with Crippen LogP contribution in [0.1, 0.15) is 31.9 Å². The zero-order valence-electron chi connectivity index (χ0n) is 9.12. The van der Waals surface area contributed by atoms with E-state index in [9.17, 15) is 0 Å². The molecular weight excluding hydrogens is 208 g/mol. The third-order valence-electron chi connectivity index (χ3n) is 3.03. The molecule has 2 rings (SSSR count). The van der Waals surface area contributed by atoms with E-state index in [0.717, 1.165) is 18.1 Å². The Morgan fingerprint density at radius 2 is 2.33 bits per heavy atom. The lowest BCUT2D eigenvalue weighted by Gasteiger charge is -2.34. The maximum absolute atomic E-state index is 5.79. The molecule has 1 fully saturated rings. The topological polar surface area (TPSA) is 16.1 Å². The number of nitrogens with zero attached hydrogens (tertiary/aromatic N) is 2. The average molecular weight is 225 g/mol. The van der Waals surface area contributed by atoms with Crippen LogP contribution in [0.15, 0.2) is 18.2 Å². The first kappa shape index (κ1) is 10.7. The number of rotatable bonds is 2. The van der Waals surface area contributed by atoms with Crippen LogP contribution >= 0.6 is 11.6 Å². The number of anilines is 1. The minimum Gasteiger partial charge on any atom is -0.354 e. The van der Waals surface area contributed by atoms with Crippen LogP contribution in [0.2, 0.25) is 0 Å². The first-order valence-electron chi connectivity index (χ1n) is 5.60. The summed E-state index contributed by atoms with van der Waals surface area (Å²) in [6.07, 6.45) is 3.89. The van der Waals surface area contributed by atoms with Crippen LogP contribution < -0.4 is 4.90 Å². The average Bonchev–Trinajstić information content (AvgIpc) is 2.30. The molecule has 1 aromatic heterocycles. The molecule has 15 heavy (non-hydrogen) atoms. The van der Waals surface area contributed by atoms with Gasteiger partial charge in [0.1, 0.15) is 5.82 Å². The zero-order valence-corrected chi connectivity index (χ0v) is 9.87. The summed E-state index contributed by atoms with van der Waals surface area (Å²) in [5.74, 6) is 1.58. The third kappa shape index (κ3) is 2.43. The summed E-state index contributed by atoms with van der Waals surface area (Å²) in [6, 6.07) is 6.71. The fraction of sp³-hybridized carbons (Fsp3) is 0.583. The van der Waals surface area contributed by atoms with Gasteiger partial charge in [0.2, 0.25) is 0 Å². The van der Waals surface area contributed by atoms with Crippen LogP contribution in [0, 0.1) is 0 Å². The summed E-state index contributed by atoms with van der Waals surface area (Å²) in [5, 5.41) is 0. The van der Waals surface area contributed by atoms with Crippen LogP contribution in [0.5, 0.6) is 0 Å². The molecule has 1 aliphatic rings. The quantitative estimate of drug-likeness (QED) is 0.718. The van der Waals surface area contributed by atoms with Gasteiger partial charge in [0.15, 0.2) is 0 Å². The SMILES string of the molecule is CC1CCCCN1c1cccc(CCl)n1. The first-order chi connectivity index (χ1) is 7.31. The van der Waals surface area contributed by atoms with Gasteiger partial charge in [0, 0.05) is 12.6 Å². The number of alkyl halides is 1. The molecule has 1 aromatic rings. The van der Waals surface area contributed by atoms with Crippen molar-refractivity contribution in [3.05, 3.63) is 23.9 Å². The highest BCUT2D eigenvalue weighted by atomic mass is 35.5. The van der Waals surface area contributed by atoms with Crippen LogP contribution in [-0.4, -0.2) is 17.6 Å². The summed E-state index contributed by atoms with van der Waals surface area (Å²) in [5.41, 5.74) is 0.965. The predicted octanol–water partition coefficient (Wildman–Crippen LogP) is 3.20. The van der Waals surface area contributed by atoms with Gasteiger partial charge in [-0.1, -0.05) is 6.07 Å². The lowest BCUT2D eigenvalue weighted by molar-refractivity contribution is 0.481. The molecule has 0 saturated carbocycles. The van der Waals surface area contributed by atoms with E-state index in [4.69, 9.17) is 11.6 Å². The molecule has 0 bridgehead atoms. The van der Waals surface area contributed by atoms with Crippen LogP contribution in [0.3, 0.4) is 0 Å². The van der Waals surface area contributed by atoms with Crippen molar-refractivity contribution < 1.29 is 0 Å². The van der Waals surface area contributed by atoms with Crippen molar-refractivity contribution in [1.29, 1.82) is 0 Å². The van der Waals surface area contributed by atoms with Gasteiger partial charge in [-0.2, -0.15) is 0 Å². The van der Waals surface area contributed by atoms with Crippen molar-refractivity contribution in [1.82, 2.24) is 4.98 Å². The maximum Gasteiger partial charge on any atom is 0.129 e. The maximum atomic E-state index is 5.79. The van der Waals surface area contributed by atoms with Gasteiger partial charge in [0.25, 0.3) is 0 Å². The smallest absolute Gasteiger partial charge is 0.129 e. The van der Waals surface area contributed by atoms with Crippen LogP contribution in [-0.2, 0) is 5.88 Å². The molecule has 0 aliphatic carbocycles. The van der Waals surface area contributed by atoms with Crippen LogP contribution in [0.4, 0.5) is 5.82 Å². The van der Waals surface area contributed by atoms with Gasteiger partial charge in [0.05, 0.1) is 11.6 Å². The summed E-state index contributed by atoms with van der Waals surface area (Å²) in [6.45, 7) is 3.40. The Hall–Kier alpha value is -0.760. The second kappa shape index (κ2) is 4.84. The lowest BCUT2D eigenvalue weighted by atomic mass is 10.0. The zero-order chi connectivity index (χ0) is 10.7. The van der Waals surface area contributed by atoms with Gasteiger partial charge in [-0.15, -0.1) is 11.6 Å². The van der Waals surface area contributed by atoms with E-state index in [-0.39, 0.29) is 0 Å². The highest BCUT2D eigenvalue weighted by molar-refractivity contribution is 6.16. The van der Waals surface area contributed by atoms with Crippen molar-refractivity contribution >= 4 is 17.4 Å². The van der Waals surface area contributed by atoms with E-state index in [1.807, 2.05) is 12.1 Å². The van der Waals surface area contributed by atoms with Crippen LogP contribution in [0.25, 0.3) is 0 Å². The Morgan fingerprint density at radius 3 is 3.07 bits per heavy atom. The molecule has 1 saturated heterocycles. The monoisotopic (exact) mass is 224 g/mol. The number of halogens is 1. The second-order valence-corrected chi connectivity index (χ2v) is 4.43. The number of hydrogen-bond donors (Lipinski definition) is 0. The molecule has 2 nitrogen and oxygen atoms in total. The van der Waals surface area contributed by atoms with Crippen molar-refractivity contribution in [2.24, 2.45) is 0 Å². The van der Waals surface area contributed by atoms with Gasteiger partial charge in [-0.3, -0.25) is 0 Å². The number of hydrogen-bond acceptors (Lipinski definition) is 2. The van der Waals surface area contributed by atoms with Crippen molar-refractivity contribution in [3.8, 4) is 0 Å². The highest BCUT2D eigenvalue weighted by Gasteiger charge is 2.19. The number of piperidine rings is 1. The molecule has 1 unspecified atom stereocenters. The molecule has 0 amide bonds. The van der Waals surface area contributed by atoms with Gasteiger partial charge < -0.3 is 4.90 Å². The molecule has 0 spiro atoms. The molecule has 1 aliphatic heterocycles. The molecule has 3 heteroatoms. The van der Waals surface area contributed by atoms with E-state index in [2.05, 4.69) is 22.9 Å².